The van der Waals surface area contributed by atoms with E-state index in [1.54, 1.807) is 27.7 Å². The van der Waals surface area contributed by atoms with E-state index in [1.807, 2.05) is 25.9 Å². The van der Waals surface area contributed by atoms with Crippen LogP contribution in [-0.2, 0) is 38.1 Å². The van der Waals surface area contributed by atoms with Crippen LogP contribution in [0.25, 0.3) is 0 Å². The normalized spacial score (nSPS) is 44.5. The molecule has 0 radical (unpaired) electrons. The lowest BCUT2D eigenvalue weighted by molar-refractivity contribution is -0.295. The number of aliphatic hydroxyl groups excluding tert-OH is 1. The number of rotatable bonds is 7. The van der Waals surface area contributed by atoms with Crippen LogP contribution in [0.4, 0.5) is 9.18 Å². The summed E-state index contributed by atoms with van der Waals surface area (Å²) in [5, 5.41) is 14.0. The maximum Gasteiger partial charge on any atom is 0.408 e. The van der Waals surface area contributed by atoms with Crippen molar-refractivity contribution in [2.45, 2.75) is 134 Å². The Morgan fingerprint density at radius 2 is 1.76 bits per heavy atom. The fraction of sp³-hybridized carbons (Fsp3) is 0.818. The van der Waals surface area contributed by atoms with Gasteiger partial charge in [0.15, 0.2) is 17.7 Å². The number of carbonyl (C=O) groups excluding carboxylic acids is 4. The van der Waals surface area contributed by atoms with Crippen molar-refractivity contribution in [2.24, 2.45) is 17.8 Å². The number of fused-ring (bicyclic) bond motifs is 1. The number of alkyl carbamates (subject to hydrolysis) is 1. The van der Waals surface area contributed by atoms with E-state index in [2.05, 4.69) is 11.9 Å². The topological polar surface area (TPSA) is 150 Å². The third-order valence-corrected chi connectivity index (χ3v) is 10.2. The molecule has 2 N–H and O–H groups in total. The molecule has 46 heavy (non-hydrogen) atoms. The van der Waals surface area contributed by atoms with Crippen LogP contribution >= 0.6 is 0 Å². The lowest BCUT2D eigenvalue weighted by Gasteiger charge is -2.47. The number of nitrogens with zero attached hydrogens (tertiary/aromatic N) is 1. The molecule has 3 aliphatic rings. The average molecular weight is 657 g/mol. The largest absolute Gasteiger partial charge is 0.455 e. The molecule has 12 nitrogen and oxygen atoms in total. The Hall–Kier alpha value is -2.45. The van der Waals surface area contributed by atoms with Crippen molar-refractivity contribution in [3.8, 4) is 0 Å². The molecular weight excluding hydrogens is 603 g/mol. The molecule has 0 bridgehead atoms. The predicted octanol–water partition coefficient (Wildman–Crippen LogP) is 3.13. The Kier molecular flexibility index (Phi) is 11.9. The second-order valence-electron chi connectivity index (χ2n) is 13.9. The summed E-state index contributed by atoms with van der Waals surface area (Å²) in [6.45, 7) is 15.0. The van der Waals surface area contributed by atoms with E-state index in [0.29, 0.717) is 6.42 Å². The molecular formula is C33H53FN2O10. The number of amides is 1. The number of allylic oxidation sites excluding steroid dienone is 1. The average Bonchev–Trinajstić information content (AvgIpc) is 3.31. The van der Waals surface area contributed by atoms with Crippen molar-refractivity contribution in [3.05, 3.63) is 12.7 Å². The van der Waals surface area contributed by atoms with E-state index < -0.39 is 89.5 Å². The summed E-state index contributed by atoms with van der Waals surface area (Å²) in [6.07, 6.45) is -5.03. The standard InChI is InChI=1S/C33H53FN2O10/c1-12-14-33(34)26(39)20(6)27(45-28-24(38)21(36(9)10)15-18(4)43-28)31(7,42-11)16-17(3)23(37)19(5)25-32(8,46-30(41)35-25)22(13-2)44-29(33)40/h12,17-22,24-25,27-28,38H,1,13-16H2,2-11H3,(H,35,41)/t17-,18-,19-,20+,21+,22+,24-,25-,27-,28+,31+,32-,33?/m1/s1. The predicted molar refractivity (Wildman–Crippen MR) is 165 cm³/mol. The Morgan fingerprint density at radius 1 is 1.13 bits per heavy atom. The van der Waals surface area contributed by atoms with Crippen LogP contribution in [0.15, 0.2) is 12.7 Å². The molecule has 3 rings (SSSR count). The van der Waals surface area contributed by atoms with Gasteiger partial charge in [0.1, 0.15) is 18.0 Å². The maximum atomic E-state index is 17.0. The summed E-state index contributed by atoms with van der Waals surface area (Å²) in [6, 6.07) is -1.29. The number of alkyl halides is 1. The maximum absolute atomic E-state index is 17.0. The van der Waals surface area contributed by atoms with Crippen molar-refractivity contribution >= 4 is 23.6 Å². The second kappa shape index (κ2) is 14.3. The summed E-state index contributed by atoms with van der Waals surface area (Å²) in [4.78, 5) is 56.4. The van der Waals surface area contributed by atoms with E-state index in [0.717, 1.165) is 6.08 Å². The molecule has 3 heterocycles. The lowest BCUT2D eigenvalue weighted by atomic mass is 9.73. The number of hydrogen-bond acceptors (Lipinski definition) is 11. The highest BCUT2D eigenvalue weighted by Crippen LogP contribution is 2.41. The number of cyclic esters (lactones) is 1. The van der Waals surface area contributed by atoms with Gasteiger partial charge in [-0.1, -0.05) is 33.8 Å². The molecule has 0 aromatic heterocycles. The minimum atomic E-state index is -3.20. The zero-order chi connectivity index (χ0) is 34.9. The molecule has 0 saturated carbocycles. The van der Waals surface area contributed by atoms with Crippen molar-refractivity contribution in [3.63, 3.8) is 0 Å². The van der Waals surface area contributed by atoms with Gasteiger partial charge in [0.05, 0.1) is 23.9 Å². The van der Waals surface area contributed by atoms with Gasteiger partial charge in [-0.15, -0.1) is 6.58 Å². The van der Waals surface area contributed by atoms with E-state index in [1.165, 1.54) is 21.0 Å². The quantitative estimate of drug-likeness (QED) is 0.236. The van der Waals surface area contributed by atoms with E-state index in [4.69, 9.17) is 23.7 Å². The Bertz CT molecular complexity index is 1170. The number of ketones is 2. The summed E-state index contributed by atoms with van der Waals surface area (Å²) in [5.74, 6) is -5.79. The molecule has 0 aromatic rings. The van der Waals surface area contributed by atoms with Crippen molar-refractivity contribution in [1.29, 1.82) is 0 Å². The van der Waals surface area contributed by atoms with Crippen molar-refractivity contribution in [2.75, 3.05) is 21.2 Å². The van der Waals surface area contributed by atoms with Gasteiger partial charge >= 0.3 is 12.1 Å². The molecule has 3 fully saturated rings. The molecule has 3 saturated heterocycles. The van der Waals surface area contributed by atoms with E-state index in [-0.39, 0.29) is 30.8 Å². The first-order valence-electron chi connectivity index (χ1n) is 16.1. The molecule has 3 aliphatic heterocycles. The van der Waals surface area contributed by atoms with Gasteiger partial charge < -0.3 is 39.0 Å². The fourth-order valence-corrected chi connectivity index (χ4v) is 7.49. The first-order chi connectivity index (χ1) is 21.3. The highest BCUT2D eigenvalue weighted by atomic mass is 19.1. The molecule has 1 unspecified atom stereocenters. The third-order valence-electron chi connectivity index (χ3n) is 10.2. The Labute approximate surface area is 271 Å². The number of aliphatic hydroxyl groups is 1. The van der Waals surface area contributed by atoms with Crippen LogP contribution in [0.5, 0.6) is 0 Å². The number of Topliss-reactive ketones (excluding diaryl/α,β-unsaturated/α-hetero) is 2. The Balaban J connectivity index is 2.20. The summed E-state index contributed by atoms with van der Waals surface area (Å²) < 4.78 is 46.7. The molecule has 0 aromatic carbocycles. The first kappa shape index (κ1) is 38.0. The Morgan fingerprint density at radius 3 is 2.30 bits per heavy atom. The second-order valence-corrected chi connectivity index (χ2v) is 13.9. The monoisotopic (exact) mass is 656 g/mol. The van der Waals surface area contributed by atoms with Crippen LogP contribution in [-0.4, -0.2) is 115 Å². The van der Waals surface area contributed by atoms with E-state index >= 15 is 4.39 Å². The molecule has 0 spiro atoms. The number of likely N-dealkylation sites (N-methyl/N-ethyl adjacent to an activating group) is 1. The zero-order valence-electron chi connectivity index (χ0n) is 28.8. The van der Waals surface area contributed by atoms with Crippen molar-refractivity contribution < 1.29 is 52.4 Å². The van der Waals surface area contributed by atoms with Gasteiger partial charge in [0.25, 0.3) is 5.67 Å². The molecule has 262 valence electrons. The SMILES string of the molecule is C=CCC1(F)C(=O)O[C@@H](CC)[C@@]2(C)OC(=O)N[C@@H]2[C@H](C)C(=O)[C@H](C)C[C@](C)(OC)[C@H](O[C@@H]2O[C@H](C)C[C@H](N(C)C)[C@H]2O)[C@@H](C)C1=O. The van der Waals surface area contributed by atoms with Gasteiger partial charge in [-0.3, -0.25) is 9.59 Å². The summed E-state index contributed by atoms with van der Waals surface area (Å²) in [7, 11) is 5.01. The number of halogens is 1. The number of carbonyl (C=O) groups is 4. The number of hydrogen-bond donors (Lipinski definition) is 2. The van der Waals surface area contributed by atoms with Gasteiger partial charge in [-0.05, 0) is 54.1 Å². The van der Waals surface area contributed by atoms with Crippen LogP contribution in [0, 0.1) is 17.8 Å². The number of nitrogens with one attached hydrogen (secondary N) is 1. The number of esters is 1. The van der Waals surface area contributed by atoms with Crippen molar-refractivity contribution in [1.82, 2.24) is 10.2 Å². The third kappa shape index (κ3) is 7.03. The summed E-state index contributed by atoms with van der Waals surface area (Å²) in [5.41, 5.74) is -6.18. The summed E-state index contributed by atoms with van der Waals surface area (Å²) >= 11 is 0. The highest BCUT2D eigenvalue weighted by Gasteiger charge is 2.60. The van der Waals surface area contributed by atoms with E-state index in [9.17, 15) is 24.3 Å². The van der Waals surface area contributed by atoms with Crippen LogP contribution in [0.2, 0.25) is 0 Å². The minimum Gasteiger partial charge on any atom is -0.455 e. The fourth-order valence-electron chi connectivity index (χ4n) is 7.49. The zero-order valence-corrected chi connectivity index (χ0v) is 28.8. The molecule has 0 aliphatic carbocycles. The molecule has 13 atom stereocenters. The smallest absolute Gasteiger partial charge is 0.408 e. The van der Waals surface area contributed by atoms with Crippen LogP contribution in [0.1, 0.15) is 74.1 Å². The van der Waals surface area contributed by atoms with Gasteiger partial charge in [-0.25, -0.2) is 14.0 Å². The van der Waals surface area contributed by atoms with Gasteiger partial charge in [0.2, 0.25) is 0 Å². The van der Waals surface area contributed by atoms with Gasteiger partial charge in [-0.2, -0.15) is 0 Å². The molecule has 13 heteroatoms. The minimum absolute atomic E-state index is 0.00503. The number of ether oxygens (including phenoxy) is 5. The van der Waals surface area contributed by atoms with Crippen LogP contribution < -0.4 is 5.32 Å². The highest BCUT2D eigenvalue weighted by molar-refractivity contribution is 6.08. The lowest BCUT2D eigenvalue weighted by Crippen LogP contribution is -2.62. The first-order valence-corrected chi connectivity index (χ1v) is 16.1. The molecule has 1 amide bonds. The number of methoxy groups -OCH3 is 1. The van der Waals surface area contributed by atoms with Crippen LogP contribution in [0.3, 0.4) is 0 Å². The van der Waals surface area contributed by atoms with Gasteiger partial charge in [0, 0.05) is 37.3 Å².